The summed E-state index contributed by atoms with van der Waals surface area (Å²) in [5, 5.41) is 25.2. The van der Waals surface area contributed by atoms with Crippen LogP contribution in [-0.2, 0) is 61.5 Å². The molecule has 3 aromatic heterocycles. The number of pyridine rings is 3. The average Bonchev–Trinajstić information content (AvgIpc) is 4.02. The van der Waals surface area contributed by atoms with Crippen LogP contribution in [-0.4, -0.2) is 169 Å². The minimum absolute atomic E-state index is 0. The van der Waals surface area contributed by atoms with E-state index in [2.05, 4.69) is 52.2 Å². The Labute approximate surface area is 524 Å². The van der Waals surface area contributed by atoms with E-state index in [1.54, 1.807) is 41.5 Å². The van der Waals surface area contributed by atoms with Crippen molar-refractivity contribution in [2.24, 2.45) is 11.5 Å². The highest BCUT2D eigenvalue weighted by molar-refractivity contribution is 8.14. The molecule has 0 spiro atoms. The maximum atomic E-state index is 13.0. The van der Waals surface area contributed by atoms with Gasteiger partial charge in [0.15, 0.2) is 0 Å². The minimum Gasteiger partial charge on any atom is -0.480 e. The van der Waals surface area contributed by atoms with E-state index in [9.17, 15) is 59.9 Å². The second-order valence-corrected chi connectivity index (χ2v) is 24.9. The quantitative estimate of drug-likeness (QED) is 0.0685. The molecule has 1 saturated carbocycles. The number of aliphatic carboxylic acids is 1. The van der Waals surface area contributed by atoms with Crippen LogP contribution in [0.3, 0.4) is 0 Å². The third-order valence-corrected chi connectivity index (χ3v) is 13.9. The van der Waals surface area contributed by atoms with E-state index in [1.165, 1.54) is 36.4 Å². The number of carbonyl (C=O) groups is 8. The van der Waals surface area contributed by atoms with Gasteiger partial charge in [0.2, 0.25) is 38.6 Å². The molecule has 3 unspecified atom stereocenters. The summed E-state index contributed by atoms with van der Waals surface area (Å²) in [6, 6.07) is 5.34. The largest absolute Gasteiger partial charge is 0.480 e. The number of hydrogen-bond donors (Lipinski definition) is 10. The number of alkyl carbamates (subject to hydrolysis) is 2. The van der Waals surface area contributed by atoms with Crippen molar-refractivity contribution < 1.29 is 88.7 Å². The Bertz CT molecular complexity index is 2830. The van der Waals surface area contributed by atoms with Crippen molar-refractivity contribution in [2.45, 2.75) is 165 Å². The molecule has 34 heteroatoms. The van der Waals surface area contributed by atoms with Crippen LogP contribution in [0.4, 0.5) is 40.2 Å². The Morgan fingerprint density at radius 3 is 1.26 bits per heavy atom. The molecule has 0 aromatic carbocycles. The highest BCUT2D eigenvalue weighted by atomic mass is 35.7. The van der Waals surface area contributed by atoms with Crippen LogP contribution in [0.25, 0.3) is 0 Å². The smallest absolute Gasteiger partial charge is 0.408 e. The van der Waals surface area contributed by atoms with Crippen molar-refractivity contribution >= 4 is 97.3 Å². The van der Waals surface area contributed by atoms with E-state index < -0.39 is 104 Å². The fourth-order valence-electron chi connectivity index (χ4n) is 7.64. The van der Waals surface area contributed by atoms with E-state index in [0.29, 0.717) is 31.9 Å². The van der Waals surface area contributed by atoms with Gasteiger partial charge in [0.1, 0.15) is 71.3 Å². The summed E-state index contributed by atoms with van der Waals surface area (Å²) in [7, 11) is 1.75. The number of carboxylic acid groups (broad SMARTS) is 1. The normalized spacial score (nSPS) is 17.6. The highest BCUT2D eigenvalue weighted by Gasteiger charge is 2.34. The Morgan fingerprint density at radius 1 is 0.607 bits per heavy atom. The molecule has 7 rings (SSSR count). The van der Waals surface area contributed by atoms with Crippen LogP contribution in [0.1, 0.15) is 112 Å². The third kappa shape index (κ3) is 35.6. The lowest BCUT2D eigenvalue weighted by Crippen LogP contribution is -2.49. The summed E-state index contributed by atoms with van der Waals surface area (Å²) in [6.45, 7) is 11.2. The zero-order chi connectivity index (χ0) is 65.6. The first-order valence-corrected chi connectivity index (χ1v) is 30.4. The molecule has 6 heterocycles. The summed E-state index contributed by atoms with van der Waals surface area (Å²) < 4.78 is 85.0. The van der Waals surface area contributed by atoms with Crippen LogP contribution >= 0.6 is 23.1 Å². The molecule has 0 radical (unpaired) electrons. The van der Waals surface area contributed by atoms with Crippen LogP contribution in [0.2, 0.25) is 0 Å². The Morgan fingerprint density at radius 2 is 0.966 bits per heavy atom. The maximum Gasteiger partial charge on any atom is 0.408 e. The lowest BCUT2D eigenvalue weighted by molar-refractivity contribution is -0.136. The van der Waals surface area contributed by atoms with Gasteiger partial charge in [-0.05, 0) is 136 Å². The molecule has 3 aliphatic heterocycles. The molecule has 1 aliphatic carbocycles. The standard InChI is InChI=1S/C19H27FN4O5.C14H19FN4O3.C12H16FN3O2.C7H13NO4.C3H5ClO2S.ClH/c1-19(2,3)29-18(27)22-11-16(25)23-14(9-13-5-4-8-28-13)17(26)24-15-7-6-12(20)10-21-15;15-9-3-4-12(17-8-9)19-14(21)11(18-13(20)7-16)6-10-2-1-5-22-10;13-8-3-4-11(15-7-8)16-12(17)10(14)6-9-2-1-5-18-9;1-7(2,3)12-6(11)8-4-5(9)10;4-7(5,6)3-1-2-3;/h6-7,10,13-14H,4-5,8-9,11H2,1-3H3,(H,22,27)(H,23,25)(H,21,24,26);3-4,8,10-11H,1-2,5-7,16H2,(H,18,20)(H,17,19,21);3-4,7,9-10H,1-2,5-6,14H2,(H,15,16,17);4H2,1-3H3,(H,8,11)(H,9,10);3H,1-2H2;1H/t13?,14-;10?,11-;9?,10-;;;/m000.../s1. The van der Waals surface area contributed by atoms with Gasteiger partial charge in [-0.2, -0.15) is 0 Å². The first-order chi connectivity index (χ1) is 41.3. The van der Waals surface area contributed by atoms with Gasteiger partial charge in [0.25, 0.3) is 0 Å². The fourth-order valence-corrected chi connectivity index (χ4v) is 8.88. The third-order valence-electron chi connectivity index (χ3n) is 11.8. The summed E-state index contributed by atoms with van der Waals surface area (Å²) in [4.78, 5) is 104. The number of carboxylic acids is 1. The van der Waals surface area contributed by atoms with Gasteiger partial charge in [-0.3, -0.25) is 28.8 Å². The molecule has 6 atom stereocenters. The van der Waals surface area contributed by atoms with E-state index >= 15 is 0 Å². The van der Waals surface area contributed by atoms with Crippen LogP contribution in [0.15, 0.2) is 55.0 Å². The number of halogens is 5. The number of aromatic nitrogens is 3. The van der Waals surface area contributed by atoms with Crippen LogP contribution in [0.5, 0.6) is 0 Å². The van der Waals surface area contributed by atoms with Crippen molar-refractivity contribution in [3.05, 3.63) is 72.4 Å². The van der Waals surface area contributed by atoms with Gasteiger partial charge < -0.3 is 77.5 Å². The predicted octanol–water partition coefficient (Wildman–Crippen LogP) is 4.70. The fraction of sp³-hybridized carbons (Fsp3) is 0.582. The topological polar surface area (TPSA) is 412 Å². The van der Waals surface area contributed by atoms with Crippen LogP contribution < -0.4 is 48.7 Å². The second kappa shape index (κ2) is 39.1. The van der Waals surface area contributed by atoms with Gasteiger partial charge in [0, 0.05) is 43.3 Å². The predicted molar refractivity (Wildman–Crippen MR) is 321 cm³/mol. The molecule has 3 saturated heterocycles. The Hall–Kier alpha value is -7.07. The number of carbonyl (C=O) groups excluding carboxylic acids is 7. The SMILES string of the molecule is CC(C)(C)OC(=O)NCC(=O)N[C@@H](CC1CCCO1)C(=O)Nc1ccc(F)cn1.CC(C)(C)OC(=O)NCC(=O)O.Cl.NCC(=O)N[C@@H](CC1CCCO1)C(=O)Nc1ccc(F)cn1.N[C@@H](CC1CCCO1)C(=O)Nc1ccc(F)cn1.O=S(=O)(Cl)C1CC1. The molecular formula is C55H81Cl2F3N12O16S. The van der Waals surface area contributed by atoms with Crippen molar-refractivity contribution in [1.29, 1.82) is 0 Å². The molecule has 0 bridgehead atoms. The number of nitrogens with one attached hydrogen (secondary N) is 7. The number of nitrogens with zero attached hydrogens (tertiary/aromatic N) is 3. The van der Waals surface area contributed by atoms with Crippen molar-refractivity contribution in [3.63, 3.8) is 0 Å². The minimum atomic E-state index is -3.16. The van der Waals surface area contributed by atoms with Gasteiger partial charge >= 0.3 is 18.2 Å². The number of ether oxygens (including phenoxy) is 5. The lowest BCUT2D eigenvalue weighted by Gasteiger charge is -2.22. The summed E-state index contributed by atoms with van der Waals surface area (Å²) in [5.74, 6) is -4.15. The average molecular weight is 1330 g/mol. The maximum absolute atomic E-state index is 13.0. The molecule has 12 N–H and O–H groups in total. The number of amides is 7. The zero-order valence-electron chi connectivity index (χ0n) is 50.2. The molecule has 3 aromatic rings. The second-order valence-electron chi connectivity index (χ2n) is 22.0. The van der Waals surface area contributed by atoms with Gasteiger partial charge in [-0.1, -0.05) is 0 Å². The monoisotopic (exact) mass is 1320 g/mol. The first-order valence-electron chi connectivity index (χ1n) is 28.0. The Kier molecular flexibility index (Phi) is 34.3. The number of anilines is 3. The molecule has 4 fully saturated rings. The first kappa shape index (κ1) is 78.0. The van der Waals surface area contributed by atoms with Crippen molar-refractivity contribution in [3.8, 4) is 0 Å². The summed E-state index contributed by atoms with van der Waals surface area (Å²) >= 11 is 0. The number of nitrogens with two attached hydrogens (primary N) is 2. The summed E-state index contributed by atoms with van der Waals surface area (Å²) in [6.07, 6.45) is 9.43. The van der Waals surface area contributed by atoms with Crippen molar-refractivity contribution in [2.75, 3.05) is 55.4 Å². The highest BCUT2D eigenvalue weighted by Crippen LogP contribution is 2.30. The molecule has 498 valence electrons. The summed E-state index contributed by atoms with van der Waals surface area (Å²) in [5.41, 5.74) is 9.77. The number of hydrogen-bond acceptors (Lipinski definition) is 20. The van der Waals surface area contributed by atoms with E-state index in [0.717, 1.165) is 76.6 Å². The molecule has 4 aliphatic rings. The van der Waals surface area contributed by atoms with Gasteiger partial charge in [0.05, 0.1) is 54.7 Å². The molecule has 89 heavy (non-hydrogen) atoms. The van der Waals surface area contributed by atoms with E-state index in [1.807, 2.05) is 0 Å². The lowest BCUT2D eigenvalue weighted by atomic mass is 10.1. The van der Waals surface area contributed by atoms with Crippen molar-refractivity contribution in [1.82, 2.24) is 36.2 Å². The van der Waals surface area contributed by atoms with Gasteiger partial charge in [-0.15, -0.1) is 12.4 Å². The van der Waals surface area contributed by atoms with Crippen LogP contribution in [0, 0.1) is 17.5 Å². The molecular weight excluding hydrogens is 1240 g/mol. The molecule has 28 nitrogen and oxygen atoms in total. The number of rotatable bonds is 20. The zero-order valence-corrected chi connectivity index (χ0v) is 52.5. The van der Waals surface area contributed by atoms with Gasteiger partial charge in [-0.25, -0.2) is 46.1 Å². The van der Waals surface area contributed by atoms with E-state index in [-0.39, 0.29) is 73.0 Å². The Balaban J connectivity index is 0.000000402. The van der Waals surface area contributed by atoms with E-state index in [4.69, 9.17) is 50.9 Å². The molecule has 7 amide bonds.